The van der Waals surface area contributed by atoms with Gasteiger partial charge in [-0.15, -0.1) is 0 Å². The van der Waals surface area contributed by atoms with Crippen LogP contribution in [0.3, 0.4) is 0 Å². The number of nitrogens with two attached hydrogens (primary N) is 1. The Labute approximate surface area is 79.1 Å². The molecule has 2 rings (SSSR count). The summed E-state index contributed by atoms with van der Waals surface area (Å²) in [4.78, 5) is 3.83. The van der Waals surface area contributed by atoms with E-state index in [0.29, 0.717) is 10.5 Å². The second-order valence-electron chi connectivity index (χ2n) is 2.69. The molecule has 1 aromatic carbocycles. The number of fused-ring (bicyclic) bond motifs is 1. The van der Waals surface area contributed by atoms with Gasteiger partial charge in [-0.1, -0.05) is 17.7 Å². The summed E-state index contributed by atoms with van der Waals surface area (Å²) in [6.07, 6.45) is 1.47. The number of pyridine rings is 1. The van der Waals surface area contributed by atoms with Gasteiger partial charge in [0.05, 0.1) is 5.69 Å². The van der Waals surface area contributed by atoms with Crippen LogP contribution in [0.2, 0.25) is 5.15 Å². The first-order valence-electron chi connectivity index (χ1n) is 3.68. The first-order valence-corrected chi connectivity index (χ1v) is 4.05. The number of anilines is 1. The summed E-state index contributed by atoms with van der Waals surface area (Å²) in [5, 5.41) is 1.75. The first kappa shape index (κ1) is 8.26. The molecule has 0 saturated carbocycles. The van der Waals surface area contributed by atoms with Crippen molar-refractivity contribution in [3.63, 3.8) is 0 Å². The Morgan fingerprint density at radius 3 is 2.92 bits per heavy atom. The highest BCUT2D eigenvalue weighted by atomic mass is 35.5. The SMILES string of the molecule is Nc1c(F)ccc2cc(Cl)ncc12. The van der Waals surface area contributed by atoms with Crippen molar-refractivity contribution < 1.29 is 4.39 Å². The molecule has 0 fully saturated rings. The molecule has 2 nitrogen and oxygen atoms in total. The minimum atomic E-state index is -0.434. The Morgan fingerprint density at radius 2 is 2.15 bits per heavy atom. The van der Waals surface area contributed by atoms with Gasteiger partial charge in [0.2, 0.25) is 0 Å². The normalized spacial score (nSPS) is 10.6. The number of hydrogen-bond donors (Lipinski definition) is 1. The molecule has 0 bridgehead atoms. The number of aromatic nitrogens is 1. The number of halogens is 2. The Hall–Kier alpha value is -1.35. The monoisotopic (exact) mass is 196 g/mol. The molecule has 2 aromatic rings. The maximum Gasteiger partial charge on any atom is 0.146 e. The van der Waals surface area contributed by atoms with Crippen LogP contribution in [0, 0.1) is 5.82 Å². The minimum absolute atomic E-state index is 0.113. The average Bonchev–Trinajstić information content (AvgIpc) is 2.12. The molecular weight excluding hydrogens is 191 g/mol. The van der Waals surface area contributed by atoms with Crippen LogP contribution >= 0.6 is 11.6 Å². The molecule has 0 radical (unpaired) electrons. The largest absolute Gasteiger partial charge is 0.396 e. The van der Waals surface area contributed by atoms with E-state index in [1.165, 1.54) is 12.3 Å². The van der Waals surface area contributed by atoms with Gasteiger partial charge < -0.3 is 5.73 Å². The Bertz CT molecular complexity index is 470. The van der Waals surface area contributed by atoms with Crippen LogP contribution in [-0.2, 0) is 0 Å². The second kappa shape index (κ2) is 2.85. The van der Waals surface area contributed by atoms with Gasteiger partial charge >= 0.3 is 0 Å². The molecule has 0 aliphatic heterocycles. The molecule has 0 amide bonds. The lowest BCUT2D eigenvalue weighted by Gasteiger charge is -2.02. The summed E-state index contributed by atoms with van der Waals surface area (Å²) >= 11 is 5.67. The van der Waals surface area contributed by atoms with Gasteiger partial charge in [0.25, 0.3) is 0 Å². The summed E-state index contributed by atoms with van der Waals surface area (Å²) in [5.74, 6) is -0.434. The second-order valence-corrected chi connectivity index (χ2v) is 3.08. The molecule has 13 heavy (non-hydrogen) atoms. The zero-order valence-electron chi connectivity index (χ0n) is 6.59. The fraction of sp³-hybridized carbons (Fsp3) is 0. The third-order valence-corrected chi connectivity index (χ3v) is 2.07. The highest BCUT2D eigenvalue weighted by Gasteiger charge is 2.04. The van der Waals surface area contributed by atoms with E-state index in [1.807, 2.05) is 0 Å². The molecule has 2 N–H and O–H groups in total. The minimum Gasteiger partial charge on any atom is -0.396 e. The molecule has 66 valence electrons. The van der Waals surface area contributed by atoms with Crippen molar-refractivity contribution in [2.75, 3.05) is 5.73 Å². The third kappa shape index (κ3) is 1.31. The maximum atomic E-state index is 13.0. The van der Waals surface area contributed by atoms with E-state index in [2.05, 4.69) is 4.98 Å². The van der Waals surface area contributed by atoms with Crippen molar-refractivity contribution in [3.05, 3.63) is 35.4 Å². The average molecular weight is 197 g/mol. The molecule has 1 heterocycles. The summed E-state index contributed by atoms with van der Waals surface area (Å²) in [6, 6.07) is 4.58. The van der Waals surface area contributed by atoms with E-state index in [1.54, 1.807) is 12.1 Å². The fourth-order valence-electron chi connectivity index (χ4n) is 1.19. The lowest BCUT2D eigenvalue weighted by Crippen LogP contribution is -1.92. The van der Waals surface area contributed by atoms with Crippen molar-refractivity contribution in [3.8, 4) is 0 Å². The van der Waals surface area contributed by atoms with Gasteiger partial charge in [0.15, 0.2) is 0 Å². The van der Waals surface area contributed by atoms with Gasteiger partial charge in [-0.05, 0) is 17.5 Å². The highest BCUT2D eigenvalue weighted by molar-refractivity contribution is 6.30. The number of hydrogen-bond acceptors (Lipinski definition) is 2. The van der Waals surface area contributed by atoms with Crippen molar-refractivity contribution in [2.45, 2.75) is 0 Å². The van der Waals surface area contributed by atoms with E-state index in [0.717, 1.165) is 5.39 Å². The Morgan fingerprint density at radius 1 is 1.38 bits per heavy atom. The van der Waals surface area contributed by atoms with Gasteiger partial charge in [-0.3, -0.25) is 0 Å². The van der Waals surface area contributed by atoms with Gasteiger partial charge in [-0.2, -0.15) is 0 Å². The summed E-state index contributed by atoms with van der Waals surface area (Å²) in [7, 11) is 0. The molecule has 0 unspecified atom stereocenters. The molecule has 0 atom stereocenters. The van der Waals surface area contributed by atoms with Crippen LogP contribution in [-0.4, -0.2) is 4.98 Å². The van der Waals surface area contributed by atoms with Crippen LogP contribution in [0.5, 0.6) is 0 Å². The van der Waals surface area contributed by atoms with E-state index in [-0.39, 0.29) is 5.69 Å². The third-order valence-electron chi connectivity index (χ3n) is 1.86. The molecule has 0 spiro atoms. The highest BCUT2D eigenvalue weighted by Crippen LogP contribution is 2.24. The van der Waals surface area contributed by atoms with Crippen LogP contribution in [0.15, 0.2) is 24.4 Å². The van der Waals surface area contributed by atoms with Crippen LogP contribution < -0.4 is 5.73 Å². The van der Waals surface area contributed by atoms with Crippen LogP contribution in [0.1, 0.15) is 0 Å². The Balaban J connectivity index is 2.87. The summed E-state index contributed by atoms with van der Waals surface area (Å²) in [5.41, 5.74) is 5.62. The standard InChI is InChI=1S/C9H6ClFN2/c10-8-3-5-1-2-7(11)9(12)6(5)4-13-8/h1-4H,12H2. The molecule has 0 saturated heterocycles. The maximum absolute atomic E-state index is 13.0. The van der Waals surface area contributed by atoms with Crippen molar-refractivity contribution in [2.24, 2.45) is 0 Å². The number of rotatable bonds is 0. The zero-order chi connectivity index (χ0) is 9.42. The van der Waals surface area contributed by atoms with E-state index in [4.69, 9.17) is 17.3 Å². The number of benzene rings is 1. The summed E-state index contributed by atoms with van der Waals surface area (Å²) < 4.78 is 13.0. The lowest BCUT2D eigenvalue weighted by atomic mass is 10.1. The molecule has 0 aliphatic carbocycles. The summed E-state index contributed by atoms with van der Waals surface area (Å²) in [6.45, 7) is 0. The van der Waals surface area contributed by atoms with Crippen molar-refractivity contribution >= 4 is 28.1 Å². The molecular formula is C9H6ClFN2. The predicted molar refractivity (Wildman–Crippen MR) is 51.1 cm³/mol. The Kier molecular flexibility index (Phi) is 1.81. The van der Waals surface area contributed by atoms with E-state index >= 15 is 0 Å². The quantitative estimate of drug-likeness (QED) is 0.520. The van der Waals surface area contributed by atoms with Crippen LogP contribution in [0.25, 0.3) is 10.8 Å². The van der Waals surface area contributed by atoms with E-state index < -0.39 is 5.82 Å². The van der Waals surface area contributed by atoms with Crippen molar-refractivity contribution in [1.29, 1.82) is 0 Å². The fourth-order valence-corrected chi connectivity index (χ4v) is 1.35. The van der Waals surface area contributed by atoms with Gasteiger partial charge in [0.1, 0.15) is 11.0 Å². The van der Waals surface area contributed by atoms with Gasteiger partial charge in [-0.25, -0.2) is 9.37 Å². The van der Waals surface area contributed by atoms with Gasteiger partial charge in [0, 0.05) is 11.6 Å². The first-order chi connectivity index (χ1) is 6.18. The van der Waals surface area contributed by atoms with Crippen LogP contribution in [0.4, 0.5) is 10.1 Å². The predicted octanol–water partition coefficient (Wildman–Crippen LogP) is 2.61. The zero-order valence-corrected chi connectivity index (χ0v) is 7.35. The molecule has 1 aromatic heterocycles. The smallest absolute Gasteiger partial charge is 0.146 e. The molecule has 4 heteroatoms. The van der Waals surface area contributed by atoms with Crippen molar-refractivity contribution in [1.82, 2.24) is 4.98 Å². The number of nitrogen functional groups attached to an aromatic ring is 1. The topological polar surface area (TPSA) is 38.9 Å². The lowest BCUT2D eigenvalue weighted by molar-refractivity contribution is 0.634. The number of nitrogens with zero attached hydrogens (tertiary/aromatic N) is 1. The van der Waals surface area contributed by atoms with E-state index in [9.17, 15) is 4.39 Å². The molecule has 0 aliphatic rings.